The van der Waals surface area contributed by atoms with Crippen LogP contribution in [0.5, 0.6) is 5.75 Å². The molecule has 20 heavy (non-hydrogen) atoms. The van der Waals surface area contributed by atoms with Crippen LogP contribution in [0.1, 0.15) is 22.3 Å². The maximum absolute atomic E-state index is 10.6. The van der Waals surface area contributed by atoms with Crippen molar-refractivity contribution in [2.75, 3.05) is 7.11 Å². The Labute approximate surface area is 128 Å². The predicted octanol–water partition coefficient (Wildman–Crippen LogP) is 4.60. The van der Waals surface area contributed by atoms with E-state index in [1.165, 1.54) is 12.1 Å². The zero-order valence-electron chi connectivity index (χ0n) is 10.7. The summed E-state index contributed by atoms with van der Waals surface area (Å²) < 4.78 is 11.3. The van der Waals surface area contributed by atoms with Crippen molar-refractivity contribution in [3.63, 3.8) is 0 Å². The van der Waals surface area contributed by atoms with Gasteiger partial charge in [0, 0.05) is 10.0 Å². The Balaban J connectivity index is 2.43. The number of hydrogen-bond donors (Lipinski definition) is 0. The number of ether oxygens (including phenoxy) is 1. The van der Waals surface area contributed by atoms with Crippen LogP contribution in [-0.2, 0) is 0 Å². The van der Waals surface area contributed by atoms with Crippen molar-refractivity contribution in [3.8, 4) is 5.75 Å². The number of hydrogen-bond acceptors (Lipinski definition) is 4. The highest BCUT2D eigenvalue weighted by molar-refractivity contribution is 9.10. The second kappa shape index (κ2) is 5.85. The molecule has 5 nitrogen and oxygen atoms in total. The van der Waals surface area contributed by atoms with Crippen LogP contribution >= 0.6 is 27.5 Å². The predicted molar refractivity (Wildman–Crippen MR) is 78.5 cm³/mol. The van der Waals surface area contributed by atoms with Crippen molar-refractivity contribution in [3.05, 3.63) is 55.7 Å². The number of benzene rings is 1. The van der Waals surface area contributed by atoms with Crippen LogP contribution in [0.2, 0.25) is 0 Å². The van der Waals surface area contributed by atoms with Gasteiger partial charge in [0.1, 0.15) is 21.8 Å². The van der Waals surface area contributed by atoms with Gasteiger partial charge < -0.3 is 9.15 Å². The molecule has 0 amide bonds. The van der Waals surface area contributed by atoms with Crippen LogP contribution in [0.15, 0.2) is 33.2 Å². The standard InChI is InChI=1S/C13H11BrClNO4/c1-7-5-11(19-2)8(6-9(7)14)13(15)10-3-4-12(20-10)16(17)18/h3-6,13H,1-2H3. The van der Waals surface area contributed by atoms with E-state index in [-0.39, 0.29) is 5.88 Å². The monoisotopic (exact) mass is 359 g/mol. The summed E-state index contributed by atoms with van der Waals surface area (Å²) >= 11 is 9.77. The fraction of sp³-hybridized carbons (Fsp3) is 0.231. The largest absolute Gasteiger partial charge is 0.496 e. The number of alkyl halides is 1. The van der Waals surface area contributed by atoms with E-state index in [1.54, 1.807) is 7.11 Å². The third-order valence-corrected chi connectivity index (χ3v) is 4.13. The van der Waals surface area contributed by atoms with E-state index in [9.17, 15) is 10.1 Å². The molecular formula is C13H11BrClNO4. The highest BCUT2D eigenvalue weighted by Gasteiger charge is 2.23. The Morgan fingerprint density at radius 3 is 2.70 bits per heavy atom. The van der Waals surface area contributed by atoms with E-state index in [1.807, 2.05) is 19.1 Å². The van der Waals surface area contributed by atoms with Crippen molar-refractivity contribution in [1.29, 1.82) is 0 Å². The minimum Gasteiger partial charge on any atom is -0.496 e. The number of nitro groups is 1. The zero-order chi connectivity index (χ0) is 14.9. The first-order chi connectivity index (χ1) is 9.43. The van der Waals surface area contributed by atoms with Crippen LogP contribution in [0.4, 0.5) is 5.88 Å². The molecule has 7 heteroatoms. The average molecular weight is 361 g/mol. The molecule has 0 radical (unpaired) electrons. The minimum absolute atomic E-state index is 0.299. The molecule has 0 saturated carbocycles. The Kier molecular flexibility index (Phi) is 4.35. The first-order valence-corrected chi connectivity index (χ1v) is 6.89. The topological polar surface area (TPSA) is 65.5 Å². The number of furan rings is 1. The van der Waals surface area contributed by atoms with Gasteiger partial charge in [0.25, 0.3) is 0 Å². The maximum atomic E-state index is 10.6. The van der Waals surface area contributed by atoms with E-state index in [0.717, 1.165) is 10.0 Å². The maximum Gasteiger partial charge on any atom is 0.433 e. The number of aryl methyl sites for hydroxylation is 1. The smallest absolute Gasteiger partial charge is 0.433 e. The molecule has 1 atom stereocenters. The molecule has 0 spiro atoms. The summed E-state index contributed by atoms with van der Waals surface area (Å²) in [5.74, 6) is 0.563. The van der Waals surface area contributed by atoms with E-state index in [0.29, 0.717) is 17.1 Å². The van der Waals surface area contributed by atoms with Crippen LogP contribution in [0.3, 0.4) is 0 Å². The zero-order valence-corrected chi connectivity index (χ0v) is 13.1. The van der Waals surface area contributed by atoms with Gasteiger partial charge in [0.2, 0.25) is 0 Å². The summed E-state index contributed by atoms with van der Waals surface area (Å²) in [7, 11) is 1.54. The Morgan fingerprint density at radius 2 is 2.15 bits per heavy atom. The molecule has 1 aromatic heterocycles. The third-order valence-electron chi connectivity index (χ3n) is 2.83. The second-order valence-electron chi connectivity index (χ2n) is 4.14. The van der Waals surface area contributed by atoms with Gasteiger partial charge in [-0.1, -0.05) is 15.9 Å². The van der Waals surface area contributed by atoms with Crippen LogP contribution in [-0.4, -0.2) is 12.0 Å². The number of methoxy groups -OCH3 is 1. The fourth-order valence-electron chi connectivity index (χ4n) is 1.78. The lowest BCUT2D eigenvalue weighted by Gasteiger charge is -2.14. The normalized spacial score (nSPS) is 12.2. The van der Waals surface area contributed by atoms with Gasteiger partial charge in [0.05, 0.1) is 13.2 Å². The molecule has 0 bridgehead atoms. The van der Waals surface area contributed by atoms with E-state index < -0.39 is 10.3 Å². The number of rotatable bonds is 4. The van der Waals surface area contributed by atoms with Crippen LogP contribution < -0.4 is 4.74 Å². The minimum atomic E-state index is -0.671. The summed E-state index contributed by atoms with van der Waals surface area (Å²) in [6.07, 6.45) is 0. The molecule has 2 aromatic rings. The van der Waals surface area contributed by atoms with Crippen molar-refractivity contribution in [1.82, 2.24) is 0 Å². The molecule has 0 aliphatic heterocycles. The lowest BCUT2D eigenvalue weighted by atomic mass is 10.1. The van der Waals surface area contributed by atoms with Crippen LogP contribution in [0.25, 0.3) is 0 Å². The molecular weight excluding hydrogens is 350 g/mol. The quantitative estimate of drug-likeness (QED) is 0.454. The highest BCUT2D eigenvalue weighted by atomic mass is 79.9. The molecule has 1 aromatic carbocycles. The lowest BCUT2D eigenvalue weighted by molar-refractivity contribution is -0.402. The summed E-state index contributed by atoms with van der Waals surface area (Å²) in [5.41, 5.74) is 1.68. The van der Waals surface area contributed by atoms with Crippen molar-refractivity contribution in [2.24, 2.45) is 0 Å². The Morgan fingerprint density at radius 1 is 1.45 bits per heavy atom. The molecule has 0 aliphatic rings. The molecule has 0 aliphatic carbocycles. The number of halogens is 2. The molecule has 0 N–H and O–H groups in total. The summed E-state index contributed by atoms with van der Waals surface area (Å²) in [6, 6.07) is 6.43. The van der Waals surface area contributed by atoms with Gasteiger partial charge in [-0.3, -0.25) is 10.1 Å². The lowest BCUT2D eigenvalue weighted by Crippen LogP contribution is -1.98. The SMILES string of the molecule is COc1cc(C)c(Br)cc1C(Cl)c1ccc([N+](=O)[O-])o1. The van der Waals surface area contributed by atoms with E-state index in [4.69, 9.17) is 20.8 Å². The van der Waals surface area contributed by atoms with Crippen molar-refractivity contribution < 1.29 is 14.1 Å². The number of nitrogens with zero attached hydrogens (tertiary/aromatic N) is 1. The molecule has 106 valence electrons. The molecule has 2 rings (SSSR count). The van der Waals surface area contributed by atoms with Crippen molar-refractivity contribution >= 4 is 33.4 Å². The first kappa shape index (κ1) is 14.9. The summed E-state index contributed by atoms with van der Waals surface area (Å²) in [6.45, 7) is 1.93. The van der Waals surface area contributed by atoms with E-state index in [2.05, 4.69) is 15.9 Å². The highest BCUT2D eigenvalue weighted by Crippen LogP contribution is 2.39. The van der Waals surface area contributed by atoms with E-state index >= 15 is 0 Å². The average Bonchev–Trinajstić information content (AvgIpc) is 2.90. The molecule has 0 fully saturated rings. The molecule has 1 unspecified atom stereocenters. The second-order valence-corrected chi connectivity index (χ2v) is 5.43. The molecule has 0 saturated heterocycles. The van der Waals surface area contributed by atoms with Gasteiger partial charge in [0.15, 0.2) is 0 Å². The van der Waals surface area contributed by atoms with Crippen molar-refractivity contribution in [2.45, 2.75) is 12.3 Å². The van der Waals surface area contributed by atoms with Gasteiger partial charge >= 0.3 is 5.88 Å². The Hall–Kier alpha value is -1.53. The fourth-order valence-corrected chi connectivity index (χ4v) is 2.42. The van der Waals surface area contributed by atoms with Gasteiger partial charge in [-0.2, -0.15) is 0 Å². The summed E-state index contributed by atoms with van der Waals surface area (Å²) in [4.78, 5) is 10.0. The van der Waals surface area contributed by atoms with Gasteiger partial charge in [-0.25, -0.2) is 0 Å². The Bertz CT molecular complexity index is 656. The molecule has 1 heterocycles. The summed E-state index contributed by atoms with van der Waals surface area (Å²) in [5, 5.41) is 9.96. The van der Waals surface area contributed by atoms with Gasteiger partial charge in [-0.05, 0) is 30.7 Å². The first-order valence-electron chi connectivity index (χ1n) is 5.66. The van der Waals surface area contributed by atoms with Gasteiger partial charge in [-0.15, -0.1) is 11.6 Å². The van der Waals surface area contributed by atoms with Crippen LogP contribution in [0, 0.1) is 17.0 Å². The third kappa shape index (κ3) is 2.81.